The zero-order chi connectivity index (χ0) is 21.3. The molecule has 0 saturated heterocycles. The second-order valence-corrected chi connectivity index (χ2v) is 9.57. The lowest BCUT2D eigenvalue weighted by Crippen LogP contribution is -2.28. The van der Waals surface area contributed by atoms with Gasteiger partial charge in [0.2, 0.25) is 0 Å². The van der Waals surface area contributed by atoms with Crippen LogP contribution in [0.3, 0.4) is 0 Å². The number of rotatable bonds is 6. The van der Waals surface area contributed by atoms with Gasteiger partial charge < -0.3 is 16.0 Å². The van der Waals surface area contributed by atoms with Crippen LogP contribution < -0.4 is 16.0 Å². The molecule has 3 rings (SSSR count). The van der Waals surface area contributed by atoms with Gasteiger partial charge in [-0.05, 0) is 45.9 Å². The first-order valence-corrected chi connectivity index (χ1v) is 11.2. The van der Waals surface area contributed by atoms with Crippen molar-refractivity contribution in [2.24, 2.45) is 0 Å². The molecule has 0 saturated carbocycles. The maximum atomic E-state index is 2.45. The van der Waals surface area contributed by atoms with E-state index in [1.54, 1.807) is 0 Å². The van der Waals surface area contributed by atoms with E-state index in [9.17, 15) is 0 Å². The lowest BCUT2D eigenvalue weighted by molar-refractivity contribution is 0.803. The van der Waals surface area contributed by atoms with Crippen molar-refractivity contribution < 1.29 is 0 Å². The summed E-state index contributed by atoms with van der Waals surface area (Å²) in [6.07, 6.45) is 4.54. The summed E-state index contributed by atoms with van der Waals surface area (Å²) in [4.78, 5) is 4.90. The zero-order valence-electron chi connectivity index (χ0n) is 20.2. The van der Waals surface area contributed by atoms with Crippen LogP contribution in [-0.4, -0.2) is 6.67 Å². The molecule has 1 aliphatic heterocycles. The fourth-order valence-corrected chi connectivity index (χ4v) is 4.40. The molecule has 2 aromatic carbocycles. The van der Waals surface area contributed by atoms with Crippen LogP contribution in [0, 0.1) is 0 Å². The number of para-hydroxylation sites is 2. The molecule has 3 nitrogen and oxygen atoms in total. The van der Waals surface area contributed by atoms with Gasteiger partial charge in [0.25, 0.3) is 0 Å². The van der Waals surface area contributed by atoms with Crippen molar-refractivity contribution >= 4 is 11.4 Å². The van der Waals surface area contributed by atoms with Crippen LogP contribution in [0.5, 0.6) is 0 Å². The molecule has 0 bridgehead atoms. The third-order valence-corrected chi connectivity index (χ3v) is 5.99. The van der Waals surface area contributed by atoms with Crippen molar-refractivity contribution in [3.8, 4) is 0 Å². The first-order chi connectivity index (χ1) is 13.7. The first-order valence-electron chi connectivity index (χ1n) is 11.2. The third kappa shape index (κ3) is 4.57. The standard InChI is InChI=1S/C27H38N2.H3N/c1-18(2)22-11-9-12-23(19(3)4)26(22)28-15-16-29(17-28)27-24(20(5)6)13-10-14-25(27)21(7)8;/h9-16,18-21H,17H2,1-8H3;1H3. The number of hydrogen-bond donors (Lipinski definition) is 1. The van der Waals surface area contributed by atoms with Gasteiger partial charge in [-0.15, -0.1) is 0 Å². The number of anilines is 2. The summed E-state index contributed by atoms with van der Waals surface area (Å²) in [5, 5.41) is 0. The van der Waals surface area contributed by atoms with E-state index in [1.165, 1.54) is 33.6 Å². The normalized spacial score (nSPS) is 13.9. The topological polar surface area (TPSA) is 41.5 Å². The second kappa shape index (κ2) is 9.70. The van der Waals surface area contributed by atoms with Crippen LogP contribution in [0.25, 0.3) is 0 Å². The summed E-state index contributed by atoms with van der Waals surface area (Å²) in [5.41, 5.74) is 8.52. The van der Waals surface area contributed by atoms with E-state index in [1.807, 2.05) is 0 Å². The lowest BCUT2D eigenvalue weighted by atomic mass is 9.91. The summed E-state index contributed by atoms with van der Waals surface area (Å²) in [5.74, 6) is 2.00. The molecule has 1 aliphatic rings. The van der Waals surface area contributed by atoms with Crippen molar-refractivity contribution in [1.82, 2.24) is 6.15 Å². The number of nitrogens with zero attached hydrogens (tertiary/aromatic N) is 2. The van der Waals surface area contributed by atoms with Gasteiger partial charge in [-0.3, -0.25) is 0 Å². The maximum absolute atomic E-state index is 2.45. The van der Waals surface area contributed by atoms with Gasteiger partial charge in [0.15, 0.2) is 0 Å². The molecule has 3 heteroatoms. The largest absolute Gasteiger partial charge is 0.344 e. The molecule has 1 heterocycles. The highest BCUT2D eigenvalue weighted by Gasteiger charge is 2.26. The van der Waals surface area contributed by atoms with Gasteiger partial charge in [-0.2, -0.15) is 0 Å². The van der Waals surface area contributed by atoms with Crippen LogP contribution in [0.4, 0.5) is 11.4 Å². The van der Waals surface area contributed by atoms with Crippen molar-refractivity contribution in [3.63, 3.8) is 0 Å². The van der Waals surface area contributed by atoms with Crippen LogP contribution in [-0.2, 0) is 0 Å². The Morgan fingerprint density at radius 3 is 1.03 bits per heavy atom. The minimum Gasteiger partial charge on any atom is -0.344 e. The van der Waals surface area contributed by atoms with Crippen molar-refractivity contribution in [2.75, 3.05) is 16.5 Å². The van der Waals surface area contributed by atoms with Crippen molar-refractivity contribution in [2.45, 2.75) is 79.1 Å². The molecule has 0 aromatic heterocycles. The maximum Gasteiger partial charge on any atom is 0.0989 e. The van der Waals surface area contributed by atoms with E-state index in [4.69, 9.17) is 0 Å². The minimum atomic E-state index is 0. The Balaban J connectivity index is 0.00000320. The van der Waals surface area contributed by atoms with Gasteiger partial charge in [-0.25, -0.2) is 0 Å². The third-order valence-electron chi connectivity index (χ3n) is 5.99. The quantitative estimate of drug-likeness (QED) is 0.526. The molecule has 2 aromatic rings. The van der Waals surface area contributed by atoms with Crippen molar-refractivity contribution in [1.29, 1.82) is 0 Å². The predicted octanol–water partition coefficient (Wildman–Crippen LogP) is 8.10. The molecule has 0 aliphatic carbocycles. The highest BCUT2D eigenvalue weighted by molar-refractivity contribution is 5.70. The lowest BCUT2D eigenvalue weighted by Gasteiger charge is -2.31. The monoisotopic (exact) mass is 407 g/mol. The van der Waals surface area contributed by atoms with E-state index in [0.717, 1.165) is 6.67 Å². The minimum absolute atomic E-state index is 0. The summed E-state index contributed by atoms with van der Waals surface area (Å²) < 4.78 is 0. The van der Waals surface area contributed by atoms with Crippen molar-refractivity contribution in [3.05, 3.63) is 71.1 Å². The van der Waals surface area contributed by atoms with E-state index in [-0.39, 0.29) is 6.15 Å². The van der Waals surface area contributed by atoms with E-state index >= 15 is 0 Å². The molecule has 0 amide bonds. The van der Waals surface area contributed by atoms with E-state index in [0.29, 0.717) is 23.7 Å². The first kappa shape index (κ1) is 24.0. The molecular formula is C27H41N3. The molecule has 0 unspecified atom stereocenters. The second-order valence-electron chi connectivity index (χ2n) is 9.57. The van der Waals surface area contributed by atoms with Gasteiger partial charge in [-0.1, -0.05) is 91.8 Å². The van der Waals surface area contributed by atoms with Crippen LogP contribution in [0.15, 0.2) is 48.8 Å². The summed E-state index contributed by atoms with van der Waals surface area (Å²) >= 11 is 0. The Kier molecular flexibility index (Phi) is 7.76. The molecular weight excluding hydrogens is 366 g/mol. The fraction of sp³-hybridized carbons (Fsp3) is 0.481. The Labute approximate surface area is 184 Å². The van der Waals surface area contributed by atoms with Gasteiger partial charge in [0, 0.05) is 23.8 Å². The van der Waals surface area contributed by atoms with E-state index < -0.39 is 0 Å². The Hall–Kier alpha value is -2.26. The van der Waals surface area contributed by atoms with Gasteiger partial charge >= 0.3 is 0 Å². The average Bonchev–Trinajstić information content (AvgIpc) is 3.15. The molecule has 0 atom stereocenters. The Morgan fingerprint density at radius 1 is 0.533 bits per heavy atom. The smallest absolute Gasteiger partial charge is 0.0989 e. The molecule has 3 N–H and O–H groups in total. The van der Waals surface area contributed by atoms with Crippen LogP contribution >= 0.6 is 0 Å². The Morgan fingerprint density at radius 2 is 0.800 bits per heavy atom. The molecule has 0 spiro atoms. The predicted molar refractivity (Wildman–Crippen MR) is 133 cm³/mol. The molecule has 164 valence electrons. The highest BCUT2D eigenvalue weighted by Crippen LogP contribution is 2.40. The number of hydrogen-bond acceptors (Lipinski definition) is 3. The average molecular weight is 408 g/mol. The summed E-state index contributed by atoms with van der Waals surface area (Å²) in [6.45, 7) is 19.2. The van der Waals surface area contributed by atoms with Gasteiger partial charge in [0.1, 0.15) is 0 Å². The SMILES string of the molecule is CC(C)c1cccc(C(C)C)c1N1C=CN(c2c(C(C)C)cccc2C(C)C)C1.N. The number of benzene rings is 2. The Bertz CT molecular complexity index is 754. The molecule has 30 heavy (non-hydrogen) atoms. The summed E-state index contributed by atoms with van der Waals surface area (Å²) in [6, 6.07) is 13.6. The van der Waals surface area contributed by atoms with Gasteiger partial charge in [0.05, 0.1) is 6.67 Å². The summed E-state index contributed by atoms with van der Waals surface area (Å²) in [7, 11) is 0. The molecule has 0 radical (unpaired) electrons. The highest BCUT2D eigenvalue weighted by atomic mass is 15.3. The zero-order valence-corrected chi connectivity index (χ0v) is 20.2. The fourth-order valence-electron chi connectivity index (χ4n) is 4.40. The van der Waals surface area contributed by atoms with Crippen LogP contribution in [0.1, 0.15) is 101 Å². The van der Waals surface area contributed by atoms with Crippen LogP contribution in [0.2, 0.25) is 0 Å². The van der Waals surface area contributed by atoms with E-state index in [2.05, 4.69) is 114 Å². The molecule has 0 fully saturated rings.